The van der Waals surface area contributed by atoms with Gasteiger partial charge in [-0.1, -0.05) is 13.5 Å². The Morgan fingerprint density at radius 2 is 1.72 bits per heavy atom. The highest BCUT2D eigenvalue weighted by atomic mass is 16.4. The van der Waals surface area contributed by atoms with Crippen LogP contribution in [0.1, 0.15) is 43.6 Å². The van der Waals surface area contributed by atoms with Gasteiger partial charge in [0, 0.05) is 5.56 Å². The van der Waals surface area contributed by atoms with Crippen molar-refractivity contribution in [3.63, 3.8) is 0 Å². The summed E-state index contributed by atoms with van der Waals surface area (Å²) < 4.78 is 0. The van der Waals surface area contributed by atoms with Gasteiger partial charge in [-0.25, -0.2) is 9.59 Å². The van der Waals surface area contributed by atoms with Crippen LogP contribution in [0.25, 0.3) is 0 Å². The van der Waals surface area contributed by atoms with E-state index in [9.17, 15) is 14.4 Å². The van der Waals surface area contributed by atoms with Gasteiger partial charge in [0.15, 0.2) is 5.78 Å². The van der Waals surface area contributed by atoms with Crippen LogP contribution in [0.15, 0.2) is 24.8 Å². The monoisotopic (exact) mass is 248 g/mol. The van der Waals surface area contributed by atoms with Crippen LogP contribution in [0.5, 0.6) is 0 Å². The molecule has 0 aromatic heterocycles. The van der Waals surface area contributed by atoms with E-state index >= 15 is 0 Å². The van der Waals surface area contributed by atoms with Crippen molar-refractivity contribution >= 4 is 17.7 Å². The molecule has 2 N–H and O–H groups in total. The smallest absolute Gasteiger partial charge is 0.336 e. The molecule has 0 aliphatic carbocycles. The minimum atomic E-state index is -1.36. The normalized spacial score (nSPS) is 9.83. The van der Waals surface area contributed by atoms with Crippen molar-refractivity contribution in [2.45, 2.75) is 13.3 Å². The van der Waals surface area contributed by atoms with Gasteiger partial charge in [0.2, 0.25) is 0 Å². The van der Waals surface area contributed by atoms with Crippen LogP contribution in [0.3, 0.4) is 0 Å². The van der Waals surface area contributed by atoms with Crippen molar-refractivity contribution in [3.8, 4) is 0 Å². The maximum atomic E-state index is 11.6. The summed E-state index contributed by atoms with van der Waals surface area (Å²) in [7, 11) is 0. The SMILES string of the molecule is C=CC(=O)c1ccc(C(=O)O)c(C(=O)O)c1CC. The molecule has 18 heavy (non-hydrogen) atoms. The molecule has 0 atom stereocenters. The molecule has 0 fully saturated rings. The summed E-state index contributed by atoms with van der Waals surface area (Å²) in [6.07, 6.45) is 1.32. The Morgan fingerprint density at radius 3 is 2.11 bits per heavy atom. The third-order valence-corrected chi connectivity index (χ3v) is 2.56. The number of ketones is 1. The number of rotatable bonds is 5. The summed E-state index contributed by atoms with van der Waals surface area (Å²) in [5.74, 6) is -3.12. The Balaban J connectivity index is 3.68. The molecule has 1 rings (SSSR count). The Labute approximate surface area is 103 Å². The first kappa shape index (κ1) is 13.6. The molecule has 5 heteroatoms. The molecule has 0 aliphatic heterocycles. The number of hydrogen-bond donors (Lipinski definition) is 2. The molecule has 1 aromatic rings. The maximum Gasteiger partial charge on any atom is 0.336 e. The second-order valence-electron chi connectivity index (χ2n) is 3.55. The Morgan fingerprint density at radius 1 is 1.17 bits per heavy atom. The number of hydrogen-bond acceptors (Lipinski definition) is 3. The molecule has 0 spiro atoms. The van der Waals surface area contributed by atoms with Gasteiger partial charge in [0.1, 0.15) is 0 Å². The summed E-state index contributed by atoms with van der Waals surface area (Å²) >= 11 is 0. The van der Waals surface area contributed by atoms with Gasteiger partial charge in [-0.15, -0.1) is 0 Å². The molecule has 0 bridgehead atoms. The fourth-order valence-electron chi connectivity index (χ4n) is 1.78. The van der Waals surface area contributed by atoms with Crippen molar-refractivity contribution in [1.82, 2.24) is 0 Å². The van der Waals surface area contributed by atoms with E-state index in [2.05, 4.69) is 6.58 Å². The predicted molar refractivity (Wildman–Crippen MR) is 64.3 cm³/mol. The van der Waals surface area contributed by atoms with Crippen molar-refractivity contribution < 1.29 is 24.6 Å². The van der Waals surface area contributed by atoms with Crippen LogP contribution in [0.4, 0.5) is 0 Å². The first-order chi connectivity index (χ1) is 8.43. The van der Waals surface area contributed by atoms with Gasteiger partial charge < -0.3 is 10.2 Å². The number of benzene rings is 1. The van der Waals surface area contributed by atoms with E-state index in [1.807, 2.05) is 0 Å². The van der Waals surface area contributed by atoms with Crippen molar-refractivity contribution in [2.24, 2.45) is 0 Å². The predicted octanol–water partition coefficient (Wildman–Crippen LogP) is 2.01. The van der Waals surface area contributed by atoms with Gasteiger partial charge in [0.25, 0.3) is 0 Å². The summed E-state index contributed by atoms with van der Waals surface area (Å²) in [5, 5.41) is 18.1. The minimum Gasteiger partial charge on any atom is -0.478 e. The zero-order chi connectivity index (χ0) is 13.9. The largest absolute Gasteiger partial charge is 0.478 e. The molecule has 0 aliphatic rings. The second-order valence-corrected chi connectivity index (χ2v) is 3.55. The van der Waals surface area contributed by atoms with Gasteiger partial charge >= 0.3 is 11.9 Å². The van der Waals surface area contributed by atoms with Crippen molar-refractivity contribution in [1.29, 1.82) is 0 Å². The molecule has 94 valence electrons. The quantitative estimate of drug-likeness (QED) is 0.614. The fraction of sp³-hybridized carbons (Fsp3) is 0.154. The van der Waals surface area contributed by atoms with E-state index in [-0.39, 0.29) is 28.7 Å². The number of carboxylic acid groups (broad SMARTS) is 2. The molecule has 0 heterocycles. The lowest BCUT2D eigenvalue weighted by atomic mass is 9.92. The number of carboxylic acids is 2. The van der Waals surface area contributed by atoms with Crippen LogP contribution in [-0.2, 0) is 6.42 Å². The summed E-state index contributed by atoms with van der Waals surface area (Å²) in [5.41, 5.74) is -0.264. The minimum absolute atomic E-state index is 0.176. The van der Waals surface area contributed by atoms with Crippen LogP contribution >= 0.6 is 0 Å². The standard InChI is InChI=1S/C13H12O5/c1-3-7-8(10(14)4-2)5-6-9(12(15)16)11(7)13(17)18/h4-6H,2-3H2,1H3,(H,15,16)(H,17,18). The van der Waals surface area contributed by atoms with Crippen molar-refractivity contribution in [2.75, 3.05) is 0 Å². The van der Waals surface area contributed by atoms with Gasteiger partial charge in [-0.05, 0) is 30.2 Å². The number of allylic oxidation sites excluding steroid dienone is 1. The van der Waals surface area contributed by atoms with Gasteiger partial charge in [-0.2, -0.15) is 0 Å². The first-order valence-corrected chi connectivity index (χ1v) is 5.23. The average molecular weight is 248 g/mol. The Bertz CT molecular complexity index is 543. The van der Waals surface area contributed by atoms with E-state index in [1.165, 1.54) is 6.07 Å². The van der Waals surface area contributed by atoms with Gasteiger partial charge in [0.05, 0.1) is 11.1 Å². The highest BCUT2D eigenvalue weighted by molar-refractivity contribution is 6.10. The van der Waals surface area contributed by atoms with Crippen LogP contribution in [0.2, 0.25) is 0 Å². The van der Waals surface area contributed by atoms with Crippen LogP contribution in [-0.4, -0.2) is 27.9 Å². The molecule has 5 nitrogen and oxygen atoms in total. The van der Waals surface area contributed by atoms with Crippen molar-refractivity contribution in [3.05, 3.63) is 47.0 Å². The van der Waals surface area contributed by atoms with E-state index in [0.717, 1.165) is 12.1 Å². The third kappa shape index (κ3) is 2.29. The average Bonchev–Trinajstić information content (AvgIpc) is 2.35. The van der Waals surface area contributed by atoms with Gasteiger partial charge in [-0.3, -0.25) is 4.79 Å². The molecule has 1 aromatic carbocycles. The number of aromatic carboxylic acids is 2. The highest BCUT2D eigenvalue weighted by Crippen LogP contribution is 2.21. The van der Waals surface area contributed by atoms with Crippen LogP contribution in [0, 0.1) is 0 Å². The zero-order valence-electron chi connectivity index (χ0n) is 9.77. The third-order valence-electron chi connectivity index (χ3n) is 2.56. The Hall–Kier alpha value is -2.43. The fourth-order valence-corrected chi connectivity index (χ4v) is 1.78. The molecule has 0 radical (unpaired) electrons. The number of carbonyl (C=O) groups is 3. The molecule has 0 saturated heterocycles. The topological polar surface area (TPSA) is 91.7 Å². The lowest BCUT2D eigenvalue weighted by Gasteiger charge is -2.11. The molecule has 0 amide bonds. The molecular weight excluding hydrogens is 236 g/mol. The second kappa shape index (κ2) is 5.27. The molecular formula is C13H12O5. The first-order valence-electron chi connectivity index (χ1n) is 5.23. The van der Waals surface area contributed by atoms with Crippen LogP contribution < -0.4 is 0 Å². The number of carbonyl (C=O) groups excluding carboxylic acids is 1. The highest BCUT2D eigenvalue weighted by Gasteiger charge is 2.23. The summed E-state index contributed by atoms with van der Waals surface area (Å²) in [6, 6.07) is 2.44. The zero-order valence-corrected chi connectivity index (χ0v) is 9.77. The lowest BCUT2D eigenvalue weighted by Crippen LogP contribution is -2.15. The van der Waals surface area contributed by atoms with E-state index < -0.39 is 17.7 Å². The summed E-state index contributed by atoms with van der Waals surface area (Å²) in [4.78, 5) is 33.7. The van der Waals surface area contributed by atoms with E-state index in [1.54, 1.807) is 6.92 Å². The van der Waals surface area contributed by atoms with E-state index in [4.69, 9.17) is 10.2 Å². The Kier molecular flexibility index (Phi) is 3.99. The van der Waals surface area contributed by atoms with E-state index in [0.29, 0.717) is 0 Å². The lowest BCUT2D eigenvalue weighted by molar-refractivity contribution is 0.0650. The maximum absolute atomic E-state index is 11.6. The summed E-state index contributed by atoms with van der Waals surface area (Å²) in [6.45, 7) is 4.99. The molecule has 0 saturated carbocycles. The molecule has 0 unspecified atom stereocenters.